The smallest absolute Gasteiger partial charge is 0.343 e. The molecule has 1 aliphatic heterocycles. The van der Waals surface area contributed by atoms with Crippen LogP contribution in [-0.2, 0) is 20.7 Å². The van der Waals surface area contributed by atoms with E-state index in [1.165, 1.54) is 38.5 Å². The normalized spacial score (nSPS) is 19.6. The molecule has 1 aliphatic rings. The minimum atomic E-state index is -0.856. The molecule has 0 radical (unpaired) electrons. The molecule has 0 spiro atoms. The van der Waals surface area contributed by atoms with Crippen LogP contribution in [0.5, 0.6) is 5.75 Å². The highest BCUT2D eigenvalue weighted by molar-refractivity contribution is 5.78. The summed E-state index contributed by atoms with van der Waals surface area (Å²) in [4.78, 5) is 21.5. The van der Waals surface area contributed by atoms with Gasteiger partial charge in [-0.1, -0.05) is 45.1 Å². The second-order valence-electron chi connectivity index (χ2n) is 8.63. The molecule has 0 N–H and O–H groups in total. The van der Waals surface area contributed by atoms with E-state index in [1.807, 2.05) is 24.5 Å². The fourth-order valence-corrected chi connectivity index (χ4v) is 3.73. The van der Waals surface area contributed by atoms with E-state index < -0.39 is 24.0 Å². The van der Waals surface area contributed by atoms with Crippen LogP contribution in [0, 0.1) is 0 Å². The largest absolute Gasteiger partial charge is 0.425 e. The van der Waals surface area contributed by atoms with Crippen LogP contribution in [0.1, 0.15) is 64.9 Å². The van der Waals surface area contributed by atoms with Gasteiger partial charge < -0.3 is 14.2 Å². The summed E-state index contributed by atoms with van der Waals surface area (Å²) >= 11 is 0. The molecule has 1 fully saturated rings. The Balaban J connectivity index is 1.52. The molecule has 1 aromatic heterocycles. The molecular formula is C26H34N2O4. The Labute approximate surface area is 191 Å². The zero-order chi connectivity index (χ0) is 23.0. The fraction of sp³-hybridized carbons (Fsp3) is 0.500. The number of nitrogens with zero attached hydrogens (tertiary/aromatic N) is 2. The topological polar surface area (TPSA) is 70.5 Å². The van der Waals surface area contributed by atoms with Gasteiger partial charge in [0.15, 0.2) is 17.7 Å². The highest BCUT2D eigenvalue weighted by Crippen LogP contribution is 2.30. The van der Waals surface area contributed by atoms with E-state index in [1.54, 1.807) is 32.1 Å². The molecule has 2 aromatic rings. The summed E-state index contributed by atoms with van der Waals surface area (Å²) in [5.41, 5.74) is 2.02. The van der Waals surface area contributed by atoms with Gasteiger partial charge in [-0.25, -0.2) is 14.8 Å². The zero-order valence-corrected chi connectivity index (χ0v) is 19.4. The number of benzene rings is 1. The number of carbonyl (C=O) groups excluding carboxylic acids is 1. The van der Waals surface area contributed by atoms with Gasteiger partial charge in [0.1, 0.15) is 11.9 Å². The first-order valence-electron chi connectivity index (χ1n) is 11.5. The Kier molecular flexibility index (Phi) is 8.53. The molecule has 6 nitrogen and oxygen atoms in total. The van der Waals surface area contributed by atoms with Gasteiger partial charge in [0, 0.05) is 18.0 Å². The molecule has 0 bridgehead atoms. The predicted molar refractivity (Wildman–Crippen MR) is 124 cm³/mol. The maximum Gasteiger partial charge on any atom is 0.343 e. The molecule has 3 rings (SSSR count). The van der Waals surface area contributed by atoms with Gasteiger partial charge in [-0.15, -0.1) is 6.58 Å². The molecule has 6 heteroatoms. The molecule has 2 atom stereocenters. The average Bonchev–Trinajstić information content (AvgIpc) is 3.12. The quantitative estimate of drug-likeness (QED) is 0.195. The summed E-state index contributed by atoms with van der Waals surface area (Å²) in [6, 6.07) is 7.13. The van der Waals surface area contributed by atoms with Gasteiger partial charge >= 0.3 is 5.97 Å². The zero-order valence-electron chi connectivity index (χ0n) is 19.4. The summed E-state index contributed by atoms with van der Waals surface area (Å²) in [6.45, 7) is 9.45. The summed E-state index contributed by atoms with van der Waals surface area (Å²) in [7, 11) is 0. The molecule has 32 heavy (non-hydrogen) atoms. The van der Waals surface area contributed by atoms with Crippen LogP contribution in [0.3, 0.4) is 0 Å². The second-order valence-corrected chi connectivity index (χ2v) is 8.63. The maximum atomic E-state index is 12.5. The van der Waals surface area contributed by atoms with Crippen LogP contribution in [-0.4, -0.2) is 33.9 Å². The Bertz CT molecular complexity index is 878. The van der Waals surface area contributed by atoms with Gasteiger partial charge in [-0.3, -0.25) is 0 Å². The first kappa shape index (κ1) is 24.1. The Morgan fingerprint density at radius 3 is 2.38 bits per heavy atom. The minimum absolute atomic E-state index is 0.426. The lowest BCUT2D eigenvalue weighted by Gasteiger charge is -2.16. The summed E-state index contributed by atoms with van der Waals surface area (Å²) in [5.74, 6) is -0.293. The molecule has 172 valence electrons. The van der Waals surface area contributed by atoms with E-state index in [-0.39, 0.29) is 0 Å². The lowest BCUT2D eigenvalue weighted by atomic mass is 10.1. The number of hydrogen-bond donors (Lipinski definition) is 0. The van der Waals surface area contributed by atoms with E-state index >= 15 is 0 Å². The number of carbonyl (C=O) groups is 1. The van der Waals surface area contributed by atoms with Crippen molar-refractivity contribution >= 4 is 5.97 Å². The highest BCUT2D eigenvalue weighted by Gasteiger charge is 2.44. The van der Waals surface area contributed by atoms with Crippen LogP contribution in [0.4, 0.5) is 0 Å². The van der Waals surface area contributed by atoms with Crippen molar-refractivity contribution in [3.05, 3.63) is 54.9 Å². The standard InChI is InChI=1S/C26H34N2O4/c1-5-7-8-9-10-11-12-19-17-27-24(28-18-19)20-13-15-21(16-14-20)30-25(29)23-22(6-2)31-26(3,4)32-23/h6,13-18,22-23H,2,5,7-12H2,1,3-4H3. The van der Waals surface area contributed by atoms with E-state index in [0.717, 1.165) is 17.5 Å². The van der Waals surface area contributed by atoms with Crippen molar-refractivity contribution < 1.29 is 19.0 Å². The molecule has 1 saturated heterocycles. The fourth-order valence-electron chi connectivity index (χ4n) is 3.73. The van der Waals surface area contributed by atoms with Crippen molar-refractivity contribution in [1.82, 2.24) is 9.97 Å². The molecule has 0 saturated carbocycles. The van der Waals surface area contributed by atoms with Gasteiger partial charge in [0.25, 0.3) is 0 Å². The van der Waals surface area contributed by atoms with E-state index in [0.29, 0.717) is 11.6 Å². The third-order valence-corrected chi connectivity index (χ3v) is 5.45. The summed E-state index contributed by atoms with van der Waals surface area (Å²) in [5, 5.41) is 0. The van der Waals surface area contributed by atoms with Crippen molar-refractivity contribution in [3.63, 3.8) is 0 Å². The maximum absolute atomic E-state index is 12.5. The number of unbranched alkanes of at least 4 members (excludes halogenated alkanes) is 5. The van der Waals surface area contributed by atoms with Crippen molar-refractivity contribution in [2.75, 3.05) is 0 Å². The Morgan fingerprint density at radius 2 is 1.72 bits per heavy atom. The first-order valence-corrected chi connectivity index (χ1v) is 11.5. The monoisotopic (exact) mass is 438 g/mol. The van der Waals surface area contributed by atoms with E-state index in [4.69, 9.17) is 14.2 Å². The van der Waals surface area contributed by atoms with Crippen LogP contribution in [0.25, 0.3) is 11.4 Å². The van der Waals surface area contributed by atoms with E-state index in [9.17, 15) is 4.79 Å². The number of esters is 1. The molecule has 2 unspecified atom stereocenters. The van der Waals surface area contributed by atoms with Crippen LogP contribution < -0.4 is 4.74 Å². The average molecular weight is 439 g/mol. The number of rotatable bonds is 11. The van der Waals surface area contributed by atoms with Gasteiger partial charge in [-0.05, 0) is 56.5 Å². The predicted octanol–water partition coefficient (Wildman–Crippen LogP) is 5.66. The van der Waals surface area contributed by atoms with E-state index in [2.05, 4.69) is 23.5 Å². The molecule has 1 aromatic carbocycles. The number of hydrogen-bond acceptors (Lipinski definition) is 6. The second kappa shape index (κ2) is 11.3. The van der Waals surface area contributed by atoms with Crippen molar-refractivity contribution in [3.8, 4) is 17.1 Å². The number of ether oxygens (including phenoxy) is 3. The Morgan fingerprint density at radius 1 is 1.06 bits per heavy atom. The van der Waals surface area contributed by atoms with Gasteiger partial charge in [0.2, 0.25) is 0 Å². The van der Waals surface area contributed by atoms with Gasteiger partial charge in [0.05, 0.1) is 0 Å². The molecule has 0 aliphatic carbocycles. The summed E-state index contributed by atoms with van der Waals surface area (Å²) < 4.78 is 16.8. The molecular weight excluding hydrogens is 404 g/mol. The molecule has 2 heterocycles. The number of aromatic nitrogens is 2. The van der Waals surface area contributed by atoms with Crippen molar-refractivity contribution in [1.29, 1.82) is 0 Å². The van der Waals surface area contributed by atoms with Crippen LogP contribution in [0.2, 0.25) is 0 Å². The van der Waals surface area contributed by atoms with Gasteiger partial charge in [-0.2, -0.15) is 0 Å². The third kappa shape index (κ3) is 6.71. The SMILES string of the molecule is C=CC1OC(C)(C)OC1C(=O)Oc1ccc(-c2ncc(CCCCCCCC)cn2)cc1. The molecule has 0 amide bonds. The summed E-state index contributed by atoms with van der Waals surface area (Å²) in [6.07, 6.45) is 12.6. The first-order chi connectivity index (χ1) is 15.4. The van der Waals surface area contributed by atoms with Crippen LogP contribution in [0.15, 0.2) is 49.3 Å². The van der Waals surface area contributed by atoms with Crippen molar-refractivity contribution in [2.45, 2.75) is 83.7 Å². The third-order valence-electron chi connectivity index (χ3n) is 5.45. The Hall–Kier alpha value is -2.57. The lowest BCUT2D eigenvalue weighted by molar-refractivity contribution is -0.163. The number of aryl methyl sites for hydroxylation is 1. The van der Waals surface area contributed by atoms with Crippen molar-refractivity contribution in [2.24, 2.45) is 0 Å². The highest BCUT2D eigenvalue weighted by atomic mass is 16.8. The lowest BCUT2D eigenvalue weighted by Crippen LogP contribution is -2.34. The minimum Gasteiger partial charge on any atom is -0.425 e. The van der Waals surface area contributed by atoms with Crippen LogP contribution >= 0.6 is 0 Å².